The van der Waals surface area contributed by atoms with Gasteiger partial charge >= 0.3 is 5.97 Å². The fraction of sp³-hybridized carbons (Fsp3) is 0.273. The number of carbonyl (C=O) groups is 1. The van der Waals surface area contributed by atoms with Gasteiger partial charge in [0.15, 0.2) is 0 Å². The highest BCUT2D eigenvalue weighted by atomic mass is 79.9. The number of ether oxygens (including phenoxy) is 2. The third kappa shape index (κ3) is 5.97. The van der Waals surface area contributed by atoms with Crippen molar-refractivity contribution in [2.45, 2.75) is 40.4 Å². The van der Waals surface area contributed by atoms with E-state index in [0.29, 0.717) is 6.61 Å². The lowest BCUT2D eigenvalue weighted by atomic mass is 9.98. The standard InChI is InChI=1S/C22H22BrNO3/c1-14(2)27-22(25)18(12-24)10-17-11-19(16(4)9-15(17)3)13-26-21-7-5-20(23)6-8-21/h5-11,14H,13H2,1-4H3. The van der Waals surface area contributed by atoms with Crippen molar-refractivity contribution in [3.63, 3.8) is 0 Å². The number of nitrogens with zero attached hydrogens (tertiary/aromatic N) is 1. The number of esters is 1. The molecule has 0 heterocycles. The highest BCUT2D eigenvalue weighted by Gasteiger charge is 2.14. The first-order valence-corrected chi connectivity index (χ1v) is 9.40. The fourth-order valence-corrected chi connectivity index (χ4v) is 2.75. The van der Waals surface area contributed by atoms with Crippen molar-refractivity contribution < 1.29 is 14.3 Å². The normalized spacial score (nSPS) is 11.2. The molecule has 2 aromatic carbocycles. The second kappa shape index (κ2) is 9.38. The number of halogens is 1. The van der Waals surface area contributed by atoms with E-state index < -0.39 is 5.97 Å². The Bertz CT molecular complexity index is 893. The molecule has 27 heavy (non-hydrogen) atoms. The molecule has 0 fully saturated rings. The Labute approximate surface area is 168 Å². The molecule has 5 heteroatoms. The molecule has 0 amide bonds. The molecule has 0 aliphatic heterocycles. The molecular formula is C22H22BrNO3. The average molecular weight is 428 g/mol. The van der Waals surface area contributed by atoms with Gasteiger partial charge in [0.05, 0.1) is 6.10 Å². The monoisotopic (exact) mass is 427 g/mol. The largest absolute Gasteiger partial charge is 0.489 e. The van der Waals surface area contributed by atoms with E-state index in [1.165, 1.54) is 0 Å². The van der Waals surface area contributed by atoms with Gasteiger partial charge in [0.1, 0.15) is 24.0 Å². The van der Waals surface area contributed by atoms with Crippen molar-refractivity contribution in [3.05, 3.63) is 68.7 Å². The van der Waals surface area contributed by atoms with Crippen LogP contribution in [0.1, 0.15) is 36.1 Å². The van der Waals surface area contributed by atoms with Crippen LogP contribution in [0, 0.1) is 25.2 Å². The molecule has 0 aliphatic carbocycles. The van der Waals surface area contributed by atoms with Gasteiger partial charge in [-0.3, -0.25) is 0 Å². The summed E-state index contributed by atoms with van der Waals surface area (Å²) in [6.45, 7) is 7.86. The SMILES string of the molecule is Cc1cc(C)c(COc2ccc(Br)cc2)cc1C=C(C#N)C(=O)OC(C)C. The molecule has 0 bridgehead atoms. The maximum Gasteiger partial charge on any atom is 0.349 e. The molecule has 4 nitrogen and oxygen atoms in total. The summed E-state index contributed by atoms with van der Waals surface area (Å²) in [5, 5.41) is 9.31. The van der Waals surface area contributed by atoms with Crippen LogP contribution >= 0.6 is 15.9 Å². The van der Waals surface area contributed by atoms with E-state index in [2.05, 4.69) is 15.9 Å². The van der Waals surface area contributed by atoms with Crippen molar-refractivity contribution in [1.82, 2.24) is 0 Å². The number of nitriles is 1. The van der Waals surface area contributed by atoms with E-state index in [1.807, 2.05) is 56.3 Å². The number of hydrogen-bond donors (Lipinski definition) is 0. The lowest BCUT2D eigenvalue weighted by Crippen LogP contribution is -2.12. The van der Waals surface area contributed by atoms with Crippen molar-refractivity contribution in [3.8, 4) is 11.8 Å². The molecule has 0 saturated carbocycles. The molecule has 0 radical (unpaired) electrons. The summed E-state index contributed by atoms with van der Waals surface area (Å²) in [5.41, 5.74) is 3.84. The highest BCUT2D eigenvalue weighted by molar-refractivity contribution is 9.10. The average Bonchev–Trinajstić information content (AvgIpc) is 2.61. The van der Waals surface area contributed by atoms with Crippen LogP contribution in [0.2, 0.25) is 0 Å². The first-order chi connectivity index (χ1) is 12.8. The molecule has 0 aliphatic rings. The fourth-order valence-electron chi connectivity index (χ4n) is 2.49. The lowest BCUT2D eigenvalue weighted by Gasteiger charge is -2.12. The number of hydrogen-bond acceptors (Lipinski definition) is 4. The van der Waals surface area contributed by atoms with Gasteiger partial charge in [0.2, 0.25) is 0 Å². The van der Waals surface area contributed by atoms with Crippen molar-refractivity contribution in [1.29, 1.82) is 5.26 Å². The summed E-state index contributed by atoms with van der Waals surface area (Å²) in [4.78, 5) is 12.0. The first kappa shape index (κ1) is 20.7. The van der Waals surface area contributed by atoms with Crippen LogP contribution in [0.4, 0.5) is 0 Å². The number of aryl methyl sites for hydroxylation is 2. The summed E-state index contributed by atoms with van der Waals surface area (Å²) >= 11 is 3.40. The van der Waals surface area contributed by atoms with Crippen LogP contribution < -0.4 is 4.74 Å². The number of benzene rings is 2. The number of carbonyl (C=O) groups excluding carboxylic acids is 1. The van der Waals surface area contributed by atoms with Gasteiger partial charge in [-0.1, -0.05) is 22.0 Å². The number of rotatable bonds is 6. The zero-order valence-electron chi connectivity index (χ0n) is 15.9. The predicted molar refractivity (Wildman–Crippen MR) is 109 cm³/mol. The Morgan fingerprint density at radius 1 is 1.19 bits per heavy atom. The Hall–Kier alpha value is -2.58. The first-order valence-electron chi connectivity index (χ1n) is 8.61. The van der Waals surface area contributed by atoms with E-state index in [0.717, 1.165) is 32.5 Å². The zero-order chi connectivity index (χ0) is 20.0. The molecule has 0 aromatic heterocycles. The van der Waals surface area contributed by atoms with Crippen LogP contribution in [-0.4, -0.2) is 12.1 Å². The second-order valence-corrected chi connectivity index (χ2v) is 7.42. The zero-order valence-corrected chi connectivity index (χ0v) is 17.5. The molecule has 0 atom stereocenters. The van der Waals surface area contributed by atoms with E-state index in [9.17, 15) is 10.1 Å². The van der Waals surface area contributed by atoms with Crippen LogP contribution in [0.3, 0.4) is 0 Å². The van der Waals surface area contributed by atoms with Crippen molar-refractivity contribution >= 4 is 28.0 Å². The maximum atomic E-state index is 12.0. The van der Waals surface area contributed by atoms with Gasteiger partial charge in [-0.15, -0.1) is 0 Å². The van der Waals surface area contributed by atoms with E-state index in [1.54, 1.807) is 19.9 Å². The highest BCUT2D eigenvalue weighted by Crippen LogP contribution is 2.22. The van der Waals surface area contributed by atoms with Crippen LogP contribution in [-0.2, 0) is 16.1 Å². The smallest absolute Gasteiger partial charge is 0.349 e. The minimum atomic E-state index is -0.611. The molecule has 0 saturated heterocycles. The van der Waals surface area contributed by atoms with Gasteiger partial charge in [0, 0.05) is 4.47 Å². The van der Waals surface area contributed by atoms with E-state index in [-0.39, 0.29) is 11.7 Å². The molecule has 0 N–H and O–H groups in total. The van der Waals surface area contributed by atoms with Gasteiger partial charge in [-0.2, -0.15) is 5.26 Å². The predicted octanol–water partition coefficient (Wildman–Crippen LogP) is 5.50. The summed E-state index contributed by atoms with van der Waals surface area (Å²) in [7, 11) is 0. The third-order valence-corrected chi connectivity index (χ3v) is 4.44. The quantitative estimate of drug-likeness (QED) is 0.346. The van der Waals surface area contributed by atoms with Crippen LogP contribution in [0.15, 0.2) is 46.4 Å². The second-order valence-electron chi connectivity index (χ2n) is 6.50. The Balaban J connectivity index is 2.26. The summed E-state index contributed by atoms with van der Waals surface area (Å²) in [5.74, 6) is 0.161. The lowest BCUT2D eigenvalue weighted by molar-refractivity contribution is -0.142. The molecule has 0 unspecified atom stereocenters. The maximum absolute atomic E-state index is 12.0. The van der Waals surface area contributed by atoms with Crippen LogP contribution in [0.5, 0.6) is 5.75 Å². The summed E-state index contributed by atoms with van der Waals surface area (Å²) < 4.78 is 12.0. The van der Waals surface area contributed by atoms with Gasteiger partial charge in [-0.05, 0) is 86.4 Å². The Morgan fingerprint density at radius 2 is 1.85 bits per heavy atom. The minimum absolute atomic E-state index is 0.0181. The third-order valence-electron chi connectivity index (χ3n) is 3.92. The topological polar surface area (TPSA) is 59.3 Å². The summed E-state index contributed by atoms with van der Waals surface area (Å²) in [6.07, 6.45) is 1.30. The molecule has 2 rings (SSSR count). The van der Waals surface area contributed by atoms with Gasteiger partial charge in [0.25, 0.3) is 0 Å². The van der Waals surface area contributed by atoms with Crippen molar-refractivity contribution in [2.75, 3.05) is 0 Å². The summed E-state index contributed by atoms with van der Waals surface area (Å²) in [6, 6.07) is 13.5. The molecular weight excluding hydrogens is 406 g/mol. The Morgan fingerprint density at radius 3 is 2.44 bits per heavy atom. The van der Waals surface area contributed by atoms with Gasteiger partial charge in [-0.25, -0.2) is 4.79 Å². The molecule has 140 valence electrons. The molecule has 2 aromatic rings. The van der Waals surface area contributed by atoms with E-state index in [4.69, 9.17) is 9.47 Å². The Kier molecular flexibility index (Phi) is 7.20. The van der Waals surface area contributed by atoms with Crippen molar-refractivity contribution in [2.24, 2.45) is 0 Å². The minimum Gasteiger partial charge on any atom is -0.489 e. The van der Waals surface area contributed by atoms with Crippen LogP contribution in [0.25, 0.3) is 6.08 Å². The van der Waals surface area contributed by atoms with Gasteiger partial charge < -0.3 is 9.47 Å². The van der Waals surface area contributed by atoms with E-state index >= 15 is 0 Å². The molecule has 0 spiro atoms.